The third-order valence-electron chi connectivity index (χ3n) is 7.07. The minimum atomic E-state index is -4.22. The largest absolute Gasteiger partial charge is 0.352 e. The Morgan fingerprint density at radius 1 is 0.949 bits per heavy atom. The van der Waals surface area contributed by atoms with Gasteiger partial charge in [0.25, 0.3) is 10.0 Å². The molecule has 1 aliphatic rings. The van der Waals surface area contributed by atoms with Crippen LogP contribution in [0.3, 0.4) is 0 Å². The summed E-state index contributed by atoms with van der Waals surface area (Å²) in [4.78, 5) is 28.4. The van der Waals surface area contributed by atoms with E-state index in [1.165, 1.54) is 17.0 Å². The fraction of sp³-hybridized carbons (Fsp3) is 0.333. The standard InChI is InChI=1S/C30H34FN3O4S/c1-22-12-14-24(15-13-22)20-33(23(2)30(36)32-26-8-6-7-9-26)29(35)21-34(27-10-4-3-5-11-27)39(37,38)28-18-16-25(31)17-19-28/h3-5,10-19,23,26H,6-9,20-21H2,1-2H3,(H,32,36). The number of aryl methyl sites for hydroxylation is 1. The van der Waals surface area contributed by atoms with Crippen LogP contribution in [0.5, 0.6) is 0 Å². The lowest BCUT2D eigenvalue weighted by molar-refractivity contribution is -0.139. The summed E-state index contributed by atoms with van der Waals surface area (Å²) in [6, 6.07) is 19.6. The van der Waals surface area contributed by atoms with Gasteiger partial charge in [0.2, 0.25) is 11.8 Å². The van der Waals surface area contributed by atoms with Gasteiger partial charge in [-0.25, -0.2) is 12.8 Å². The average Bonchev–Trinajstić information content (AvgIpc) is 3.44. The molecule has 4 rings (SSSR count). The number of hydrogen-bond acceptors (Lipinski definition) is 4. The number of carbonyl (C=O) groups excluding carboxylic acids is 2. The van der Waals surface area contributed by atoms with E-state index in [0.717, 1.165) is 53.2 Å². The molecule has 0 aliphatic heterocycles. The molecule has 9 heteroatoms. The molecule has 0 heterocycles. The molecule has 1 atom stereocenters. The van der Waals surface area contributed by atoms with Crippen molar-refractivity contribution in [3.05, 3.63) is 95.8 Å². The fourth-order valence-electron chi connectivity index (χ4n) is 4.72. The van der Waals surface area contributed by atoms with Crippen LogP contribution in [0.15, 0.2) is 83.8 Å². The van der Waals surface area contributed by atoms with Gasteiger partial charge < -0.3 is 10.2 Å². The molecule has 1 fully saturated rings. The van der Waals surface area contributed by atoms with Crippen molar-refractivity contribution in [1.82, 2.24) is 10.2 Å². The molecule has 0 spiro atoms. The number of carbonyl (C=O) groups is 2. The average molecular weight is 552 g/mol. The summed E-state index contributed by atoms with van der Waals surface area (Å²) < 4.78 is 41.9. The van der Waals surface area contributed by atoms with Crippen LogP contribution in [0, 0.1) is 12.7 Å². The van der Waals surface area contributed by atoms with Gasteiger partial charge in [0.15, 0.2) is 0 Å². The highest BCUT2D eigenvalue weighted by Gasteiger charge is 2.33. The number of hydrogen-bond donors (Lipinski definition) is 1. The molecule has 1 saturated carbocycles. The predicted molar refractivity (Wildman–Crippen MR) is 149 cm³/mol. The second kappa shape index (κ2) is 12.4. The van der Waals surface area contributed by atoms with E-state index in [1.807, 2.05) is 31.2 Å². The number of halogens is 1. The quantitative estimate of drug-likeness (QED) is 0.392. The number of amides is 2. The molecular formula is C30H34FN3O4S. The summed E-state index contributed by atoms with van der Waals surface area (Å²) in [6.45, 7) is 3.23. The van der Waals surface area contributed by atoms with Gasteiger partial charge in [0, 0.05) is 12.6 Å². The third kappa shape index (κ3) is 7.03. The van der Waals surface area contributed by atoms with Gasteiger partial charge in [-0.15, -0.1) is 0 Å². The summed E-state index contributed by atoms with van der Waals surface area (Å²) in [5.41, 5.74) is 2.17. The first kappa shape index (κ1) is 28.3. The molecule has 1 N–H and O–H groups in total. The number of benzene rings is 3. The van der Waals surface area contributed by atoms with Crippen molar-refractivity contribution in [1.29, 1.82) is 0 Å². The van der Waals surface area contributed by atoms with Gasteiger partial charge >= 0.3 is 0 Å². The number of nitrogens with zero attached hydrogens (tertiary/aromatic N) is 2. The second-order valence-electron chi connectivity index (χ2n) is 9.97. The highest BCUT2D eigenvalue weighted by Crippen LogP contribution is 2.25. The molecule has 2 amide bonds. The Morgan fingerprint density at radius 2 is 1.56 bits per heavy atom. The molecule has 0 saturated heterocycles. The Bertz CT molecular complexity index is 1370. The van der Waals surface area contributed by atoms with E-state index >= 15 is 0 Å². The second-order valence-corrected chi connectivity index (χ2v) is 11.8. The smallest absolute Gasteiger partial charge is 0.264 e. The van der Waals surface area contributed by atoms with Crippen LogP contribution in [-0.4, -0.2) is 43.8 Å². The van der Waals surface area contributed by atoms with Crippen LogP contribution < -0.4 is 9.62 Å². The molecule has 39 heavy (non-hydrogen) atoms. The van der Waals surface area contributed by atoms with Gasteiger partial charge in [-0.05, 0) is 68.7 Å². The number of para-hydroxylation sites is 1. The first-order valence-electron chi connectivity index (χ1n) is 13.1. The predicted octanol–water partition coefficient (Wildman–Crippen LogP) is 4.81. The van der Waals surface area contributed by atoms with E-state index in [0.29, 0.717) is 0 Å². The number of sulfonamides is 1. The Hall–Kier alpha value is -3.72. The fourth-order valence-corrected chi connectivity index (χ4v) is 6.14. The zero-order valence-corrected chi connectivity index (χ0v) is 23.0. The summed E-state index contributed by atoms with van der Waals surface area (Å²) in [5, 5.41) is 3.06. The van der Waals surface area contributed by atoms with Crippen LogP contribution in [0.25, 0.3) is 0 Å². The highest BCUT2D eigenvalue weighted by atomic mass is 32.2. The molecule has 0 aromatic heterocycles. The minimum absolute atomic E-state index is 0.0796. The van der Waals surface area contributed by atoms with Gasteiger partial charge in [-0.1, -0.05) is 60.9 Å². The summed E-state index contributed by atoms with van der Waals surface area (Å²) in [7, 11) is -4.22. The lowest BCUT2D eigenvalue weighted by Gasteiger charge is -2.32. The first-order chi connectivity index (χ1) is 18.6. The van der Waals surface area contributed by atoms with E-state index < -0.39 is 34.3 Å². The first-order valence-corrected chi connectivity index (χ1v) is 14.6. The van der Waals surface area contributed by atoms with Crippen molar-refractivity contribution >= 4 is 27.5 Å². The Kier molecular flexibility index (Phi) is 9.01. The number of rotatable bonds is 10. The Labute approximate surface area is 229 Å². The van der Waals surface area contributed by atoms with Crippen LogP contribution in [0.2, 0.25) is 0 Å². The molecule has 0 radical (unpaired) electrons. The molecule has 1 unspecified atom stereocenters. The van der Waals surface area contributed by atoms with Gasteiger partial charge in [-0.2, -0.15) is 0 Å². The van der Waals surface area contributed by atoms with Crippen molar-refractivity contribution in [2.45, 2.75) is 63.1 Å². The van der Waals surface area contributed by atoms with E-state index in [2.05, 4.69) is 5.32 Å². The summed E-state index contributed by atoms with van der Waals surface area (Å²) in [5.74, 6) is -1.36. The minimum Gasteiger partial charge on any atom is -0.352 e. The van der Waals surface area contributed by atoms with Crippen LogP contribution >= 0.6 is 0 Å². The van der Waals surface area contributed by atoms with E-state index in [4.69, 9.17) is 0 Å². The summed E-state index contributed by atoms with van der Waals surface area (Å²) in [6.07, 6.45) is 3.92. The van der Waals surface area contributed by atoms with Gasteiger partial charge in [0.05, 0.1) is 10.6 Å². The van der Waals surface area contributed by atoms with Crippen LogP contribution in [0.1, 0.15) is 43.7 Å². The zero-order chi connectivity index (χ0) is 28.0. The third-order valence-corrected chi connectivity index (χ3v) is 8.86. The number of anilines is 1. The molecule has 1 aliphatic carbocycles. The van der Waals surface area contributed by atoms with Crippen LogP contribution in [-0.2, 0) is 26.2 Å². The maximum atomic E-state index is 13.9. The maximum absolute atomic E-state index is 13.9. The lowest BCUT2D eigenvalue weighted by Crippen LogP contribution is -2.52. The van der Waals surface area contributed by atoms with Crippen molar-refractivity contribution < 1.29 is 22.4 Å². The van der Waals surface area contributed by atoms with Crippen molar-refractivity contribution in [2.75, 3.05) is 10.8 Å². The Morgan fingerprint density at radius 3 is 2.18 bits per heavy atom. The molecular weight excluding hydrogens is 517 g/mol. The SMILES string of the molecule is Cc1ccc(CN(C(=O)CN(c2ccccc2)S(=O)(=O)c2ccc(F)cc2)C(C)C(=O)NC2CCCC2)cc1. The van der Waals surface area contributed by atoms with Gasteiger partial charge in [0.1, 0.15) is 18.4 Å². The Balaban J connectivity index is 1.66. The van der Waals surface area contributed by atoms with Crippen LogP contribution in [0.4, 0.5) is 10.1 Å². The molecule has 206 valence electrons. The lowest BCUT2D eigenvalue weighted by atomic mass is 10.1. The van der Waals surface area contributed by atoms with Crippen molar-refractivity contribution in [3.63, 3.8) is 0 Å². The van der Waals surface area contributed by atoms with Gasteiger partial charge in [-0.3, -0.25) is 13.9 Å². The van der Waals surface area contributed by atoms with E-state index in [-0.39, 0.29) is 29.1 Å². The van der Waals surface area contributed by atoms with E-state index in [9.17, 15) is 22.4 Å². The summed E-state index contributed by atoms with van der Waals surface area (Å²) >= 11 is 0. The normalized spacial score (nSPS) is 14.5. The molecule has 3 aromatic rings. The highest BCUT2D eigenvalue weighted by molar-refractivity contribution is 7.92. The molecule has 7 nitrogen and oxygen atoms in total. The monoisotopic (exact) mass is 551 g/mol. The van der Waals surface area contributed by atoms with E-state index in [1.54, 1.807) is 37.3 Å². The molecule has 0 bridgehead atoms. The topological polar surface area (TPSA) is 86.8 Å². The van der Waals surface area contributed by atoms with Crippen molar-refractivity contribution in [3.8, 4) is 0 Å². The molecule has 3 aromatic carbocycles. The zero-order valence-electron chi connectivity index (χ0n) is 22.2. The number of nitrogens with one attached hydrogen (secondary N) is 1. The maximum Gasteiger partial charge on any atom is 0.264 e. The van der Waals surface area contributed by atoms with Crippen molar-refractivity contribution in [2.24, 2.45) is 0 Å².